The number of nitrogens with zero attached hydrogens (tertiary/aromatic N) is 3. The normalized spacial score (nSPS) is 10.3. The maximum Gasteiger partial charge on any atom is 0.274 e. The van der Waals surface area contributed by atoms with Gasteiger partial charge in [0.1, 0.15) is 10.8 Å². The van der Waals surface area contributed by atoms with Crippen LogP contribution in [0.5, 0.6) is 0 Å². The van der Waals surface area contributed by atoms with Gasteiger partial charge < -0.3 is 5.32 Å². The Morgan fingerprint density at radius 1 is 1.10 bits per heavy atom. The fraction of sp³-hybridized carbons (Fsp3) is 0. The van der Waals surface area contributed by atoms with E-state index >= 15 is 0 Å². The zero-order valence-corrected chi connectivity index (χ0v) is 11.7. The van der Waals surface area contributed by atoms with Gasteiger partial charge in [0.15, 0.2) is 0 Å². The minimum Gasteiger partial charge on any atom is -0.321 e. The van der Waals surface area contributed by atoms with Crippen molar-refractivity contribution in [3.8, 4) is 5.69 Å². The van der Waals surface area contributed by atoms with Crippen LogP contribution in [-0.4, -0.2) is 20.7 Å². The molecule has 5 nitrogen and oxygen atoms in total. The maximum absolute atomic E-state index is 12.0. The molecule has 0 aliphatic heterocycles. The fourth-order valence-corrected chi connectivity index (χ4v) is 2.01. The van der Waals surface area contributed by atoms with E-state index in [1.165, 1.54) is 0 Å². The van der Waals surface area contributed by atoms with Gasteiger partial charge >= 0.3 is 0 Å². The Morgan fingerprint density at radius 3 is 2.57 bits per heavy atom. The minimum absolute atomic E-state index is 0.277. The van der Waals surface area contributed by atoms with Crippen molar-refractivity contribution in [3.63, 3.8) is 0 Å². The molecule has 6 heteroatoms. The number of hydrogen-bond donors (Lipinski definition) is 1. The number of benzene rings is 1. The predicted molar refractivity (Wildman–Crippen MR) is 80.8 cm³/mol. The monoisotopic (exact) mass is 298 g/mol. The van der Waals surface area contributed by atoms with Gasteiger partial charge in [-0.2, -0.15) is 5.10 Å². The van der Waals surface area contributed by atoms with Crippen molar-refractivity contribution in [2.24, 2.45) is 0 Å². The van der Waals surface area contributed by atoms with Gasteiger partial charge in [-0.05, 0) is 42.5 Å². The molecule has 0 fully saturated rings. The number of hydrogen-bond acceptors (Lipinski definition) is 3. The third-order valence-electron chi connectivity index (χ3n) is 2.84. The van der Waals surface area contributed by atoms with E-state index < -0.39 is 0 Å². The standard InChI is InChI=1S/C15H11ClN4O/c16-14-4-1-3-13(19-14)15(21)18-11-5-7-12(8-6-11)20-10-2-9-17-20/h1-10H,(H,18,21). The summed E-state index contributed by atoms with van der Waals surface area (Å²) in [5.74, 6) is -0.302. The quantitative estimate of drug-likeness (QED) is 0.756. The Bertz CT molecular complexity index is 754. The average Bonchev–Trinajstić information content (AvgIpc) is 3.02. The molecule has 1 aromatic carbocycles. The van der Waals surface area contributed by atoms with Gasteiger partial charge in [0, 0.05) is 18.1 Å². The zero-order valence-electron chi connectivity index (χ0n) is 10.9. The average molecular weight is 299 g/mol. The molecule has 0 saturated carbocycles. The van der Waals surface area contributed by atoms with Gasteiger partial charge in [-0.1, -0.05) is 17.7 Å². The molecule has 3 rings (SSSR count). The molecule has 0 spiro atoms. The van der Waals surface area contributed by atoms with Crippen molar-refractivity contribution in [2.45, 2.75) is 0 Å². The summed E-state index contributed by atoms with van der Waals surface area (Å²) in [6.07, 6.45) is 3.56. The third-order valence-corrected chi connectivity index (χ3v) is 3.05. The topological polar surface area (TPSA) is 59.8 Å². The largest absolute Gasteiger partial charge is 0.321 e. The summed E-state index contributed by atoms with van der Waals surface area (Å²) in [6, 6.07) is 14.1. The Labute approximate surface area is 126 Å². The molecular formula is C15H11ClN4O. The van der Waals surface area contributed by atoms with Crippen LogP contribution in [0.3, 0.4) is 0 Å². The molecule has 0 radical (unpaired) electrons. The summed E-state index contributed by atoms with van der Waals surface area (Å²) in [7, 11) is 0. The van der Waals surface area contributed by atoms with E-state index in [9.17, 15) is 4.79 Å². The van der Waals surface area contributed by atoms with Crippen molar-refractivity contribution in [3.05, 3.63) is 71.8 Å². The molecule has 2 aromatic heterocycles. The molecule has 2 heterocycles. The summed E-state index contributed by atoms with van der Waals surface area (Å²) in [5, 5.41) is 7.20. The van der Waals surface area contributed by atoms with Crippen LogP contribution < -0.4 is 5.32 Å². The van der Waals surface area contributed by atoms with Gasteiger partial charge in [-0.25, -0.2) is 9.67 Å². The number of amides is 1. The molecule has 1 amide bonds. The highest BCUT2D eigenvalue weighted by Crippen LogP contribution is 2.14. The number of pyridine rings is 1. The first-order valence-corrected chi connectivity index (χ1v) is 6.64. The first kappa shape index (κ1) is 13.3. The van der Waals surface area contributed by atoms with Gasteiger partial charge in [0.2, 0.25) is 0 Å². The molecule has 3 aromatic rings. The van der Waals surface area contributed by atoms with Crippen molar-refractivity contribution in [1.29, 1.82) is 0 Å². The molecular weight excluding hydrogens is 288 g/mol. The predicted octanol–water partition coefficient (Wildman–Crippen LogP) is 3.17. The van der Waals surface area contributed by atoms with E-state index in [2.05, 4.69) is 15.4 Å². The summed E-state index contributed by atoms with van der Waals surface area (Å²) in [4.78, 5) is 16.0. The van der Waals surface area contributed by atoms with Crippen molar-refractivity contribution in [2.75, 3.05) is 5.32 Å². The van der Waals surface area contributed by atoms with Gasteiger partial charge in [-0.3, -0.25) is 4.79 Å². The molecule has 0 unspecified atom stereocenters. The van der Waals surface area contributed by atoms with E-state index in [0.717, 1.165) is 5.69 Å². The molecule has 21 heavy (non-hydrogen) atoms. The summed E-state index contributed by atoms with van der Waals surface area (Å²) in [5.41, 5.74) is 1.87. The van der Waals surface area contributed by atoms with Gasteiger partial charge in [0.25, 0.3) is 5.91 Å². The summed E-state index contributed by atoms with van der Waals surface area (Å²) >= 11 is 5.77. The third kappa shape index (κ3) is 3.09. The second-order valence-electron chi connectivity index (χ2n) is 4.30. The van der Waals surface area contributed by atoms with E-state index in [4.69, 9.17) is 11.6 Å². The molecule has 0 aliphatic carbocycles. The van der Waals surface area contributed by atoms with Gasteiger partial charge in [-0.15, -0.1) is 0 Å². The molecule has 1 N–H and O–H groups in total. The van der Waals surface area contributed by atoms with Crippen molar-refractivity contribution in [1.82, 2.24) is 14.8 Å². The Balaban J connectivity index is 1.75. The summed E-state index contributed by atoms with van der Waals surface area (Å²) < 4.78 is 1.74. The lowest BCUT2D eigenvalue weighted by Crippen LogP contribution is -2.13. The highest BCUT2D eigenvalue weighted by molar-refractivity contribution is 6.29. The molecule has 0 aliphatic rings. The maximum atomic E-state index is 12.0. The first-order valence-electron chi connectivity index (χ1n) is 6.26. The number of aromatic nitrogens is 3. The van der Waals surface area contributed by atoms with Crippen LogP contribution >= 0.6 is 11.6 Å². The number of rotatable bonds is 3. The lowest BCUT2D eigenvalue weighted by molar-refractivity contribution is 0.102. The zero-order chi connectivity index (χ0) is 14.7. The van der Waals surface area contributed by atoms with Gasteiger partial charge in [0.05, 0.1) is 5.69 Å². The second-order valence-corrected chi connectivity index (χ2v) is 4.68. The second kappa shape index (κ2) is 5.76. The highest BCUT2D eigenvalue weighted by atomic mass is 35.5. The van der Waals surface area contributed by atoms with Crippen LogP contribution in [-0.2, 0) is 0 Å². The van der Waals surface area contributed by atoms with E-state index in [0.29, 0.717) is 5.69 Å². The van der Waals surface area contributed by atoms with Crippen molar-refractivity contribution >= 4 is 23.2 Å². The van der Waals surface area contributed by atoms with E-state index in [-0.39, 0.29) is 16.8 Å². The molecule has 0 atom stereocenters. The summed E-state index contributed by atoms with van der Waals surface area (Å²) in [6.45, 7) is 0. The van der Waals surface area contributed by atoms with Crippen LogP contribution in [0.1, 0.15) is 10.5 Å². The number of halogens is 1. The van der Waals surface area contributed by atoms with Crippen LogP contribution in [0.15, 0.2) is 60.9 Å². The number of carbonyl (C=O) groups is 1. The number of anilines is 1. The SMILES string of the molecule is O=C(Nc1ccc(-n2cccn2)cc1)c1cccc(Cl)n1. The molecule has 0 bridgehead atoms. The number of nitrogens with one attached hydrogen (secondary N) is 1. The molecule has 104 valence electrons. The van der Waals surface area contributed by atoms with E-state index in [1.54, 1.807) is 41.2 Å². The lowest BCUT2D eigenvalue weighted by Gasteiger charge is -2.06. The Morgan fingerprint density at radius 2 is 1.90 bits per heavy atom. The van der Waals surface area contributed by atoms with Crippen LogP contribution in [0.2, 0.25) is 5.15 Å². The highest BCUT2D eigenvalue weighted by Gasteiger charge is 2.08. The van der Waals surface area contributed by atoms with Crippen LogP contribution in [0.25, 0.3) is 5.69 Å². The van der Waals surface area contributed by atoms with Crippen LogP contribution in [0.4, 0.5) is 5.69 Å². The van der Waals surface area contributed by atoms with E-state index in [1.807, 2.05) is 24.4 Å². The van der Waals surface area contributed by atoms with Crippen molar-refractivity contribution < 1.29 is 4.79 Å². The lowest BCUT2D eigenvalue weighted by atomic mass is 10.2. The Kier molecular flexibility index (Phi) is 3.66. The Hall–Kier alpha value is -2.66. The van der Waals surface area contributed by atoms with Crippen LogP contribution in [0, 0.1) is 0 Å². The smallest absolute Gasteiger partial charge is 0.274 e. The first-order chi connectivity index (χ1) is 10.2. The fourth-order valence-electron chi connectivity index (χ4n) is 1.85. The molecule has 0 saturated heterocycles. The number of carbonyl (C=O) groups excluding carboxylic acids is 1. The minimum atomic E-state index is -0.302.